The first-order valence-corrected chi connectivity index (χ1v) is 7.02. The highest BCUT2D eigenvalue weighted by molar-refractivity contribution is 7.89. The van der Waals surface area contributed by atoms with E-state index in [1.165, 1.54) is 0 Å². The Balaban J connectivity index is 2.20. The Kier molecular flexibility index (Phi) is 2.19. The fourth-order valence-electron chi connectivity index (χ4n) is 2.57. The summed E-state index contributed by atoms with van der Waals surface area (Å²) in [6.45, 7) is 1.48. The second kappa shape index (κ2) is 3.46. The lowest BCUT2D eigenvalue weighted by Gasteiger charge is -2.24. The molecule has 1 fully saturated rings. The lowest BCUT2D eigenvalue weighted by Crippen LogP contribution is -2.36. The fourth-order valence-corrected chi connectivity index (χ4v) is 3.86. The topological polar surface area (TPSA) is 49.4 Å². The van der Waals surface area contributed by atoms with Crippen molar-refractivity contribution in [3.63, 3.8) is 0 Å². The third kappa shape index (κ3) is 1.43. The van der Waals surface area contributed by atoms with Crippen molar-refractivity contribution in [2.24, 2.45) is 0 Å². The van der Waals surface area contributed by atoms with E-state index in [0.29, 0.717) is 17.5 Å². The molecule has 4 nitrogen and oxygen atoms in total. The number of hydrogen-bond donors (Lipinski definition) is 1. The predicted octanol–water partition coefficient (Wildman–Crippen LogP) is 0.947. The van der Waals surface area contributed by atoms with Crippen molar-refractivity contribution in [1.29, 1.82) is 0 Å². The predicted molar refractivity (Wildman–Crippen MR) is 62.0 cm³/mol. The zero-order valence-corrected chi connectivity index (χ0v) is 9.70. The van der Waals surface area contributed by atoms with Gasteiger partial charge in [-0.05, 0) is 25.0 Å². The minimum absolute atomic E-state index is 0.318. The standard InChI is InChI=1S/C11H14N2O2S/c14-16(15)11-6-2-1-5-10(11)13-7-3-4-9(13)8-12-16/h1-2,5-6,9,12H,3-4,7-8H2/t9-/m1/s1. The van der Waals surface area contributed by atoms with Gasteiger partial charge in [-0.25, -0.2) is 13.1 Å². The molecule has 5 heteroatoms. The molecule has 2 aliphatic rings. The molecular weight excluding hydrogens is 224 g/mol. The van der Waals surface area contributed by atoms with E-state index in [9.17, 15) is 8.42 Å². The van der Waals surface area contributed by atoms with Crippen LogP contribution in [0.2, 0.25) is 0 Å². The first-order chi connectivity index (χ1) is 7.68. The smallest absolute Gasteiger partial charge is 0.242 e. The maximum Gasteiger partial charge on any atom is 0.242 e. The summed E-state index contributed by atoms with van der Waals surface area (Å²) in [6, 6.07) is 7.57. The molecule has 0 radical (unpaired) electrons. The molecule has 0 aromatic heterocycles. The average Bonchev–Trinajstić information content (AvgIpc) is 2.71. The molecule has 1 aromatic carbocycles. The molecular formula is C11H14N2O2S. The van der Waals surface area contributed by atoms with E-state index in [1.807, 2.05) is 12.1 Å². The molecule has 2 aliphatic heterocycles. The van der Waals surface area contributed by atoms with Crippen molar-refractivity contribution in [3.05, 3.63) is 24.3 Å². The lowest BCUT2D eigenvalue weighted by molar-refractivity contribution is 0.575. The Bertz CT molecular complexity index is 512. The molecule has 1 saturated heterocycles. The maximum atomic E-state index is 12.0. The average molecular weight is 238 g/mol. The second-order valence-electron chi connectivity index (χ2n) is 4.31. The van der Waals surface area contributed by atoms with Crippen LogP contribution in [0.4, 0.5) is 5.69 Å². The Morgan fingerprint density at radius 2 is 2.12 bits per heavy atom. The molecule has 1 atom stereocenters. The van der Waals surface area contributed by atoms with Crippen LogP contribution in [0.1, 0.15) is 12.8 Å². The summed E-state index contributed by atoms with van der Waals surface area (Å²) in [5, 5.41) is 0. The fraction of sp³-hybridized carbons (Fsp3) is 0.455. The first kappa shape index (κ1) is 10.1. The maximum absolute atomic E-state index is 12.0. The van der Waals surface area contributed by atoms with Gasteiger partial charge in [-0.1, -0.05) is 12.1 Å². The van der Waals surface area contributed by atoms with Crippen LogP contribution < -0.4 is 9.62 Å². The highest BCUT2D eigenvalue weighted by atomic mass is 32.2. The van der Waals surface area contributed by atoms with E-state index in [0.717, 1.165) is 25.1 Å². The molecule has 2 heterocycles. The SMILES string of the molecule is O=S1(=O)NC[C@H]2CCCN2c2ccccc21. The summed E-state index contributed by atoms with van der Waals surface area (Å²) >= 11 is 0. The van der Waals surface area contributed by atoms with E-state index >= 15 is 0 Å². The number of hydrogen-bond acceptors (Lipinski definition) is 3. The molecule has 1 aromatic rings. The monoisotopic (exact) mass is 238 g/mol. The van der Waals surface area contributed by atoms with Crippen molar-refractivity contribution >= 4 is 15.7 Å². The quantitative estimate of drug-likeness (QED) is 0.732. The Labute approximate surface area is 95.3 Å². The molecule has 0 saturated carbocycles. The van der Waals surface area contributed by atoms with E-state index < -0.39 is 10.0 Å². The summed E-state index contributed by atoms with van der Waals surface area (Å²) in [4.78, 5) is 2.63. The summed E-state index contributed by atoms with van der Waals surface area (Å²) in [7, 11) is -3.31. The van der Waals surface area contributed by atoms with E-state index in [2.05, 4.69) is 9.62 Å². The zero-order chi connectivity index (χ0) is 11.2. The summed E-state index contributed by atoms with van der Waals surface area (Å²) in [6.07, 6.45) is 2.21. The van der Waals surface area contributed by atoms with Crippen LogP contribution in [0, 0.1) is 0 Å². The van der Waals surface area contributed by atoms with Gasteiger partial charge in [0.2, 0.25) is 10.0 Å². The molecule has 1 N–H and O–H groups in total. The van der Waals surface area contributed by atoms with Crippen molar-refractivity contribution in [2.45, 2.75) is 23.8 Å². The van der Waals surface area contributed by atoms with Crippen molar-refractivity contribution in [2.75, 3.05) is 18.0 Å². The summed E-state index contributed by atoms with van der Waals surface area (Å²) in [5.41, 5.74) is 0.856. The number of sulfonamides is 1. The summed E-state index contributed by atoms with van der Waals surface area (Å²) < 4.78 is 26.7. The number of para-hydroxylation sites is 1. The van der Waals surface area contributed by atoms with Gasteiger partial charge in [-0.2, -0.15) is 0 Å². The van der Waals surface area contributed by atoms with E-state index in [1.54, 1.807) is 12.1 Å². The Morgan fingerprint density at radius 3 is 3.00 bits per heavy atom. The number of fused-ring (bicyclic) bond motifs is 3. The number of nitrogens with zero attached hydrogens (tertiary/aromatic N) is 1. The minimum Gasteiger partial charge on any atom is -0.366 e. The second-order valence-corrected chi connectivity index (χ2v) is 6.04. The van der Waals surface area contributed by atoms with Gasteiger partial charge >= 0.3 is 0 Å². The van der Waals surface area contributed by atoms with Gasteiger partial charge in [0.25, 0.3) is 0 Å². The molecule has 0 unspecified atom stereocenters. The lowest BCUT2D eigenvalue weighted by atomic mass is 10.2. The van der Waals surface area contributed by atoms with Gasteiger partial charge in [0.1, 0.15) is 4.90 Å². The highest BCUT2D eigenvalue weighted by Gasteiger charge is 2.33. The first-order valence-electron chi connectivity index (χ1n) is 5.54. The van der Waals surface area contributed by atoms with Crippen LogP contribution in [0.25, 0.3) is 0 Å². The van der Waals surface area contributed by atoms with Crippen LogP contribution in [-0.4, -0.2) is 27.5 Å². The van der Waals surface area contributed by atoms with Gasteiger partial charge in [0, 0.05) is 19.1 Å². The molecule has 16 heavy (non-hydrogen) atoms. The van der Waals surface area contributed by atoms with Crippen molar-refractivity contribution in [1.82, 2.24) is 4.72 Å². The van der Waals surface area contributed by atoms with Crippen LogP contribution in [-0.2, 0) is 10.0 Å². The number of anilines is 1. The molecule has 0 bridgehead atoms. The number of nitrogens with one attached hydrogen (secondary N) is 1. The Morgan fingerprint density at radius 1 is 1.31 bits per heavy atom. The molecule has 0 aliphatic carbocycles. The highest BCUT2D eigenvalue weighted by Crippen LogP contribution is 2.33. The number of benzene rings is 1. The Hall–Kier alpha value is -1.07. The van der Waals surface area contributed by atoms with Gasteiger partial charge in [-0.3, -0.25) is 0 Å². The third-order valence-corrected chi connectivity index (χ3v) is 4.82. The van der Waals surface area contributed by atoms with Crippen LogP contribution in [0.3, 0.4) is 0 Å². The van der Waals surface area contributed by atoms with Gasteiger partial charge in [0.15, 0.2) is 0 Å². The van der Waals surface area contributed by atoms with E-state index in [4.69, 9.17) is 0 Å². The molecule has 86 valence electrons. The van der Waals surface area contributed by atoms with Gasteiger partial charge in [-0.15, -0.1) is 0 Å². The molecule has 0 spiro atoms. The van der Waals surface area contributed by atoms with Gasteiger partial charge < -0.3 is 4.90 Å². The third-order valence-electron chi connectivity index (χ3n) is 3.35. The van der Waals surface area contributed by atoms with Crippen LogP contribution >= 0.6 is 0 Å². The molecule has 0 amide bonds. The van der Waals surface area contributed by atoms with E-state index in [-0.39, 0.29) is 0 Å². The largest absolute Gasteiger partial charge is 0.366 e. The zero-order valence-electron chi connectivity index (χ0n) is 8.89. The summed E-state index contributed by atoms with van der Waals surface area (Å²) in [5.74, 6) is 0. The molecule has 3 rings (SSSR count). The van der Waals surface area contributed by atoms with Crippen molar-refractivity contribution < 1.29 is 8.42 Å². The number of rotatable bonds is 0. The van der Waals surface area contributed by atoms with Gasteiger partial charge in [0.05, 0.1) is 5.69 Å². The minimum atomic E-state index is -3.31. The normalized spacial score (nSPS) is 27.0. The van der Waals surface area contributed by atoms with Crippen LogP contribution in [0.5, 0.6) is 0 Å². The van der Waals surface area contributed by atoms with Crippen molar-refractivity contribution in [3.8, 4) is 0 Å². The van der Waals surface area contributed by atoms with Crippen LogP contribution in [0.15, 0.2) is 29.2 Å².